The van der Waals surface area contributed by atoms with Crippen LogP contribution in [0.3, 0.4) is 0 Å². The van der Waals surface area contributed by atoms with Gasteiger partial charge in [0, 0.05) is 0 Å². The van der Waals surface area contributed by atoms with Gasteiger partial charge in [-0.1, -0.05) is 12.1 Å². The van der Waals surface area contributed by atoms with Crippen molar-refractivity contribution in [1.82, 2.24) is 0 Å². The topological polar surface area (TPSA) is 44.5 Å². The third-order valence-corrected chi connectivity index (χ3v) is 4.23. The molecule has 3 nitrogen and oxygen atoms in total. The Morgan fingerprint density at radius 2 is 1.68 bits per heavy atom. The SMILES string of the molecule is Cc1c(F)cccc1[C@H](N)B1OC(C)(C)C(C)(C)O1. The Labute approximate surface area is 114 Å². The van der Waals surface area contributed by atoms with E-state index in [4.69, 9.17) is 15.0 Å². The van der Waals surface area contributed by atoms with Gasteiger partial charge in [0.1, 0.15) is 5.82 Å². The van der Waals surface area contributed by atoms with Crippen molar-refractivity contribution in [2.75, 3.05) is 0 Å². The van der Waals surface area contributed by atoms with E-state index in [1.807, 2.05) is 33.8 Å². The molecule has 1 saturated heterocycles. The Balaban J connectivity index is 2.27. The lowest BCUT2D eigenvalue weighted by Gasteiger charge is -2.32. The lowest BCUT2D eigenvalue weighted by Crippen LogP contribution is -2.41. The van der Waals surface area contributed by atoms with E-state index in [-0.39, 0.29) is 5.82 Å². The molecule has 104 valence electrons. The van der Waals surface area contributed by atoms with Crippen molar-refractivity contribution in [2.24, 2.45) is 5.73 Å². The van der Waals surface area contributed by atoms with Gasteiger partial charge < -0.3 is 15.0 Å². The molecule has 2 rings (SSSR count). The van der Waals surface area contributed by atoms with Gasteiger partial charge in [0.05, 0.1) is 17.1 Å². The second-order valence-corrected chi connectivity index (χ2v) is 6.10. The van der Waals surface area contributed by atoms with Crippen molar-refractivity contribution < 1.29 is 13.7 Å². The van der Waals surface area contributed by atoms with Gasteiger partial charge >= 0.3 is 7.12 Å². The highest BCUT2D eigenvalue weighted by atomic mass is 19.1. The quantitative estimate of drug-likeness (QED) is 0.836. The molecule has 0 unspecified atom stereocenters. The van der Waals surface area contributed by atoms with Crippen molar-refractivity contribution in [1.29, 1.82) is 0 Å². The zero-order valence-corrected chi connectivity index (χ0v) is 12.2. The summed E-state index contributed by atoms with van der Waals surface area (Å²) < 4.78 is 25.4. The monoisotopic (exact) mass is 265 g/mol. The number of hydrogen-bond donors (Lipinski definition) is 1. The molecular weight excluding hydrogens is 244 g/mol. The molecule has 1 heterocycles. The zero-order valence-electron chi connectivity index (χ0n) is 12.2. The summed E-state index contributed by atoms with van der Waals surface area (Å²) in [6.07, 6.45) is 0. The number of hydrogen-bond acceptors (Lipinski definition) is 3. The van der Waals surface area contributed by atoms with Crippen LogP contribution in [0.15, 0.2) is 18.2 Å². The first-order valence-electron chi connectivity index (χ1n) is 6.52. The Morgan fingerprint density at radius 3 is 2.21 bits per heavy atom. The van der Waals surface area contributed by atoms with Crippen LogP contribution in [0.25, 0.3) is 0 Å². The summed E-state index contributed by atoms with van der Waals surface area (Å²) in [5, 5.41) is 0. The molecule has 0 saturated carbocycles. The fourth-order valence-electron chi connectivity index (χ4n) is 2.17. The Morgan fingerprint density at radius 1 is 1.16 bits per heavy atom. The first-order chi connectivity index (χ1) is 8.66. The van der Waals surface area contributed by atoms with Gasteiger partial charge in [-0.15, -0.1) is 0 Å². The van der Waals surface area contributed by atoms with E-state index in [0.717, 1.165) is 5.56 Å². The first-order valence-corrected chi connectivity index (χ1v) is 6.52. The molecule has 1 aromatic rings. The van der Waals surface area contributed by atoms with Crippen LogP contribution < -0.4 is 5.73 Å². The molecule has 1 aliphatic heterocycles. The lowest BCUT2D eigenvalue weighted by atomic mass is 9.73. The van der Waals surface area contributed by atoms with E-state index >= 15 is 0 Å². The third kappa shape index (κ3) is 2.42. The Hall–Kier alpha value is -0.905. The molecule has 5 heteroatoms. The molecule has 0 spiro atoms. The summed E-state index contributed by atoms with van der Waals surface area (Å²) >= 11 is 0. The van der Waals surface area contributed by atoms with E-state index in [0.29, 0.717) is 5.56 Å². The molecule has 1 fully saturated rings. The summed E-state index contributed by atoms with van der Waals surface area (Å²) in [7, 11) is -0.564. The van der Waals surface area contributed by atoms with Crippen LogP contribution in [0.4, 0.5) is 4.39 Å². The predicted octanol–water partition coefficient (Wildman–Crippen LogP) is 2.77. The first kappa shape index (κ1) is 14.5. The maximum atomic E-state index is 13.6. The van der Waals surface area contributed by atoms with Crippen LogP contribution in [0.1, 0.15) is 44.8 Å². The summed E-state index contributed by atoms with van der Waals surface area (Å²) in [6, 6.07) is 4.90. The van der Waals surface area contributed by atoms with Gasteiger partial charge in [0.15, 0.2) is 0 Å². The predicted molar refractivity (Wildman–Crippen MR) is 74.1 cm³/mol. The van der Waals surface area contributed by atoms with Crippen molar-refractivity contribution >= 4 is 7.12 Å². The molecule has 0 radical (unpaired) electrons. The second-order valence-electron chi connectivity index (χ2n) is 6.10. The fourth-order valence-corrected chi connectivity index (χ4v) is 2.17. The molecule has 19 heavy (non-hydrogen) atoms. The smallest absolute Gasteiger partial charge is 0.402 e. The minimum atomic E-state index is -0.564. The highest BCUT2D eigenvalue weighted by molar-refractivity contribution is 6.47. The summed E-state index contributed by atoms with van der Waals surface area (Å²) in [5.41, 5.74) is 6.59. The molecule has 1 aliphatic rings. The average Bonchev–Trinajstić information content (AvgIpc) is 2.51. The standard InChI is InChI=1S/C14H21BFNO2/c1-9-10(7-6-8-11(9)16)12(17)15-18-13(2,3)14(4,5)19-15/h6-8,12H,17H2,1-5H3/t12-/m0/s1. The van der Waals surface area contributed by atoms with Gasteiger partial charge in [-0.25, -0.2) is 4.39 Å². The fraction of sp³-hybridized carbons (Fsp3) is 0.571. The van der Waals surface area contributed by atoms with Crippen LogP contribution in [0.5, 0.6) is 0 Å². The van der Waals surface area contributed by atoms with Crippen LogP contribution >= 0.6 is 0 Å². The molecule has 0 aliphatic carbocycles. The van der Waals surface area contributed by atoms with Crippen LogP contribution in [-0.4, -0.2) is 18.3 Å². The highest BCUT2D eigenvalue weighted by Gasteiger charge is 2.53. The molecule has 0 bridgehead atoms. The Bertz CT molecular complexity index is 474. The molecule has 0 aromatic heterocycles. The maximum Gasteiger partial charge on any atom is 0.480 e. The summed E-state index contributed by atoms with van der Waals surface area (Å²) in [6.45, 7) is 9.60. The van der Waals surface area contributed by atoms with Crippen molar-refractivity contribution in [3.8, 4) is 0 Å². The van der Waals surface area contributed by atoms with Crippen molar-refractivity contribution in [2.45, 2.75) is 51.8 Å². The van der Waals surface area contributed by atoms with Crippen LogP contribution in [-0.2, 0) is 9.31 Å². The maximum absolute atomic E-state index is 13.6. The lowest BCUT2D eigenvalue weighted by molar-refractivity contribution is 0.00578. The number of benzene rings is 1. The molecule has 1 aromatic carbocycles. The molecule has 2 N–H and O–H groups in total. The highest BCUT2D eigenvalue weighted by Crippen LogP contribution is 2.39. The molecule has 1 atom stereocenters. The van der Waals surface area contributed by atoms with Crippen LogP contribution in [0, 0.1) is 12.7 Å². The third-order valence-electron chi connectivity index (χ3n) is 4.23. The van der Waals surface area contributed by atoms with E-state index in [2.05, 4.69) is 0 Å². The van der Waals surface area contributed by atoms with E-state index in [9.17, 15) is 4.39 Å². The minimum Gasteiger partial charge on any atom is -0.402 e. The van der Waals surface area contributed by atoms with E-state index in [1.165, 1.54) is 6.07 Å². The summed E-state index contributed by atoms with van der Waals surface area (Å²) in [4.78, 5) is 0. The normalized spacial score (nSPS) is 22.6. The van der Waals surface area contributed by atoms with E-state index < -0.39 is 24.3 Å². The number of rotatable bonds is 2. The van der Waals surface area contributed by atoms with E-state index in [1.54, 1.807) is 13.0 Å². The van der Waals surface area contributed by atoms with Crippen molar-refractivity contribution in [3.05, 3.63) is 35.1 Å². The average molecular weight is 265 g/mol. The molecular formula is C14H21BFNO2. The van der Waals surface area contributed by atoms with Gasteiger partial charge in [-0.3, -0.25) is 0 Å². The van der Waals surface area contributed by atoms with Gasteiger partial charge in [0.2, 0.25) is 0 Å². The summed E-state index contributed by atoms with van der Waals surface area (Å²) in [5.74, 6) is -0.763. The van der Waals surface area contributed by atoms with Gasteiger partial charge in [0.25, 0.3) is 0 Å². The largest absolute Gasteiger partial charge is 0.480 e. The molecule has 0 amide bonds. The second kappa shape index (κ2) is 4.58. The number of nitrogens with two attached hydrogens (primary N) is 1. The van der Waals surface area contributed by atoms with Crippen LogP contribution in [0.2, 0.25) is 0 Å². The van der Waals surface area contributed by atoms with Gasteiger partial charge in [-0.2, -0.15) is 0 Å². The van der Waals surface area contributed by atoms with Crippen molar-refractivity contribution in [3.63, 3.8) is 0 Å². The minimum absolute atomic E-state index is 0.260. The zero-order chi connectivity index (χ0) is 14.4. The number of halogens is 1. The van der Waals surface area contributed by atoms with Gasteiger partial charge in [-0.05, 0) is 51.8 Å². The Kier molecular flexibility index (Phi) is 3.50.